The Labute approximate surface area is 203 Å². The molecule has 0 amide bonds. The Hall–Kier alpha value is -3.02. The van der Waals surface area contributed by atoms with Crippen molar-refractivity contribution in [3.63, 3.8) is 0 Å². The number of rotatable bonds is 2. The molecule has 2 aromatic carbocycles. The Morgan fingerprint density at radius 2 is 1.41 bits per heavy atom. The smallest absolute Gasteiger partial charge is 0.213 e. The molecule has 2 N–H and O–H groups in total. The van der Waals surface area contributed by atoms with Gasteiger partial charge in [0.1, 0.15) is 0 Å². The minimum atomic E-state index is -0.425. The molecule has 0 atom stereocenters. The van der Waals surface area contributed by atoms with E-state index in [1.807, 2.05) is 68.4 Å². The molecule has 4 rings (SSSR count). The molecule has 34 heavy (non-hydrogen) atoms. The average molecular weight is 476 g/mol. The molecule has 188 valence electrons. The number of nitrogens with two attached hydrogens (primary N) is 1. The van der Waals surface area contributed by atoms with Crippen LogP contribution in [0.15, 0.2) is 61.2 Å². The first-order chi connectivity index (χ1) is 16.4. The van der Waals surface area contributed by atoms with Crippen molar-refractivity contribution in [1.82, 2.24) is 4.98 Å². The largest absolute Gasteiger partial charge is 0.399 e. The first-order valence-electron chi connectivity index (χ1n) is 11.4. The molecular weight excluding hydrogens is 435 g/mol. The van der Waals surface area contributed by atoms with Gasteiger partial charge in [0.05, 0.1) is 19.9 Å². The van der Waals surface area contributed by atoms with Gasteiger partial charge in [-0.15, -0.1) is 0 Å². The standard InChI is InChI=1S/C10H8FN.C10H14N2.C6H12.2CH3F/c1-7-2-4-9-8(6-7)3-5-10(11)12-9;1-8(11)9-5-4-6-10(7-9)12(2)3;1-2-4-6-5-3-1;2*1-2/h2-6H,1H3;4-7H,1,11H2,2-3H3;1-6H2;2*1H3. The van der Waals surface area contributed by atoms with Gasteiger partial charge in [-0.1, -0.05) is 68.9 Å². The van der Waals surface area contributed by atoms with Crippen molar-refractivity contribution in [2.24, 2.45) is 5.73 Å². The Balaban J connectivity index is 0.000000466. The van der Waals surface area contributed by atoms with E-state index >= 15 is 0 Å². The summed E-state index contributed by atoms with van der Waals surface area (Å²) in [6.45, 7) is 5.69. The maximum atomic E-state index is 12.6. The number of hydrogen-bond donors (Lipinski definition) is 1. The number of aryl methyl sites for hydroxylation is 1. The average Bonchev–Trinajstić information content (AvgIpc) is 2.88. The lowest BCUT2D eigenvalue weighted by Gasteiger charge is -2.13. The van der Waals surface area contributed by atoms with E-state index in [1.165, 1.54) is 44.6 Å². The van der Waals surface area contributed by atoms with Crippen LogP contribution in [0.5, 0.6) is 0 Å². The van der Waals surface area contributed by atoms with Crippen molar-refractivity contribution >= 4 is 22.3 Å². The summed E-state index contributed by atoms with van der Waals surface area (Å²) in [5, 5.41) is 0.983. The fourth-order valence-corrected chi connectivity index (χ4v) is 3.26. The second-order valence-electron chi connectivity index (χ2n) is 7.92. The minimum Gasteiger partial charge on any atom is -0.399 e. The number of anilines is 1. The number of alkyl halides is 2. The van der Waals surface area contributed by atoms with E-state index in [4.69, 9.17) is 5.73 Å². The van der Waals surface area contributed by atoms with Crippen molar-refractivity contribution in [1.29, 1.82) is 0 Å². The van der Waals surface area contributed by atoms with Gasteiger partial charge in [-0.25, -0.2) is 4.98 Å². The van der Waals surface area contributed by atoms with Crippen LogP contribution in [-0.2, 0) is 0 Å². The third-order valence-electron chi connectivity index (χ3n) is 5.04. The van der Waals surface area contributed by atoms with Crippen molar-refractivity contribution in [3.8, 4) is 0 Å². The number of benzene rings is 2. The quantitative estimate of drug-likeness (QED) is 0.383. The number of hydrogen-bond acceptors (Lipinski definition) is 3. The molecular formula is C28H40F3N3. The van der Waals surface area contributed by atoms with Crippen LogP contribution in [0.4, 0.5) is 18.9 Å². The Kier molecular flexibility index (Phi) is 16.8. The molecule has 3 nitrogen and oxygen atoms in total. The van der Waals surface area contributed by atoms with Gasteiger partial charge in [0, 0.05) is 30.9 Å². The van der Waals surface area contributed by atoms with E-state index in [0.717, 1.165) is 22.2 Å². The molecule has 1 heterocycles. The molecule has 0 unspecified atom stereocenters. The molecule has 0 aliphatic heterocycles. The zero-order chi connectivity index (χ0) is 25.9. The van der Waals surface area contributed by atoms with Crippen LogP contribution in [-0.4, -0.2) is 33.4 Å². The first kappa shape index (κ1) is 31.0. The van der Waals surface area contributed by atoms with E-state index in [1.54, 1.807) is 6.07 Å². The van der Waals surface area contributed by atoms with Crippen LogP contribution in [0, 0.1) is 12.9 Å². The summed E-state index contributed by atoms with van der Waals surface area (Å²) in [5.41, 5.74) is 10.2. The van der Waals surface area contributed by atoms with Crippen molar-refractivity contribution in [2.45, 2.75) is 45.4 Å². The van der Waals surface area contributed by atoms with Crippen LogP contribution >= 0.6 is 0 Å². The number of pyridine rings is 1. The third-order valence-corrected chi connectivity index (χ3v) is 5.04. The van der Waals surface area contributed by atoms with Crippen molar-refractivity contribution in [2.75, 3.05) is 33.4 Å². The van der Waals surface area contributed by atoms with Crippen LogP contribution in [0.25, 0.3) is 16.6 Å². The molecule has 6 heteroatoms. The van der Waals surface area contributed by atoms with E-state index in [-0.39, 0.29) is 0 Å². The monoisotopic (exact) mass is 475 g/mol. The summed E-state index contributed by atoms with van der Waals surface area (Å²) in [6.07, 6.45) is 9.00. The highest BCUT2D eigenvalue weighted by Crippen LogP contribution is 2.16. The van der Waals surface area contributed by atoms with Crippen LogP contribution in [0.2, 0.25) is 0 Å². The number of halogens is 3. The fraction of sp³-hybridized carbons (Fsp3) is 0.393. The number of nitrogens with zero attached hydrogens (tertiary/aromatic N) is 2. The van der Waals surface area contributed by atoms with Crippen molar-refractivity contribution < 1.29 is 13.2 Å². The zero-order valence-electron chi connectivity index (χ0n) is 21.3. The Morgan fingerprint density at radius 3 is 1.91 bits per heavy atom. The van der Waals surface area contributed by atoms with Crippen molar-refractivity contribution in [3.05, 3.63) is 78.3 Å². The van der Waals surface area contributed by atoms with Gasteiger partial charge >= 0.3 is 0 Å². The van der Waals surface area contributed by atoms with Gasteiger partial charge in [0.15, 0.2) is 0 Å². The molecule has 0 bridgehead atoms. The lowest BCUT2D eigenvalue weighted by molar-refractivity contribution is 0.504. The highest BCUT2D eigenvalue weighted by molar-refractivity contribution is 5.78. The summed E-state index contributed by atoms with van der Waals surface area (Å²) in [6, 6.07) is 16.8. The highest BCUT2D eigenvalue weighted by Gasteiger charge is 1.98. The normalized spacial score (nSPS) is 11.6. The molecule has 0 spiro atoms. The topological polar surface area (TPSA) is 42.1 Å². The molecule has 1 aromatic heterocycles. The fourth-order valence-electron chi connectivity index (χ4n) is 3.26. The molecule has 1 aliphatic rings. The molecule has 1 aliphatic carbocycles. The molecule has 1 saturated carbocycles. The summed E-state index contributed by atoms with van der Waals surface area (Å²) < 4.78 is 31.6. The van der Waals surface area contributed by atoms with Gasteiger partial charge in [-0.05, 0) is 48.9 Å². The van der Waals surface area contributed by atoms with E-state index in [2.05, 4.69) is 11.6 Å². The van der Waals surface area contributed by atoms with Crippen LogP contribution in [0.1, 0.15) is 49.7 Å². The predicted molar refractivity (Wildman–Crippen MR) is 142 cm³/mol. The summed E-state index contributed by atoms with van der Waals surface area (Å²) in [7, 11) is 5.00. The van der Waals surface area contributed by atoms with Crippen LogP contribution < -0.4 is 10.6 Å². The van der Waals surface area contributed by atoms with E-state index in [0.29, 0.717) is 25.6 Å². The molecule has 0 radical (unpaired) electrons. The Morgan fingerprint density at radius 1 is 0.853 bits per heavy atom. The predicted octanol–water partition coefficient (Wildman–Crippen LogP) is 7.88. The summed E-state index contributed by atoms with van der Waals surface area (Å²) in [5.74, 6) is -0.425. The minimum absolute atomic E-state index is 0.425. The zero-order valence-corrected chi connectivity index (χ0v) is 21.3. The van der Waals surface area contributed by atoms with Crippen LogP contribution in [0.3, 0.4) is 0 Å². The van der Waals surface area contributed by atoms with Gasteiger partial charge in [-0.3, -0.25) is 8.78 Å². The lowest BCUT2D eigenvalue weighted by atomic mass is 10.0. The van der Waals surface area contributed by atoms with Gasteiger partial charge in [0.25, 0.3) is 0 Å². The Bertz CT molecular complexity index is 902. The maximum Gasteiger partial charge on any atom is 0.213 e. The van der Waals surface area contributed by atoms with Gasteiger partial charge in [0.2, 0.25) is 5.95 Å². The van der Waals surface area contributed by atoms with E-state index < -0.39 is 5.95 Å². The third kappa shape index (κ3) is 12.3. The first-order valence-corrected chi connectivity index (χ1v) is 11.4. The summed E-state index contributed by atoms with van der Waals surface area (Å²) in [4.78, 5) is 5.78. The SMILES string of the molecule is C1CCCCC1.C=C(N)c1cccc(N(C)C)c1.CF.CF.Cc1ccc2nc(F)ccc2c1. The van der Waals surface area contributed by atoms with Gasteiger partial charge in [-0.2, -0.15) is 4.39 Å². The number of fused-ring (bicyclic) bond motifs is 1. The lowest BCUT2D eigenvalue weighted by Crippen LogP contribution is -2.08. The maximum absolute atomic E-state index is 12.6. The van der Waals surface area contributed by atoms with E-state index in [9.17, 15) is 13.2 Å². The summed E-state index contributed by atoms with van der Waals surface area (Å²) >= 11 is 0. The second-order valence-corrected chi connectivity index (χ2v) is 7.92. The molecule has 0 saturated heterocycles. The number of aromatic nitrogens is 1. The molecule has 1 fully saturated rings. The molecule has 3 aromatic rings. The second kappa shape index (κ2) is 18.4. The highest BCUT2D eigenvalue weighted by atomic mass is 19.1. The van der Waals surface area contributed by atoms with Gasteiger partial charge < -0.3 is 10.6 Å².